The van der Waals surface area contributed by atoms with Gasteiger partial charge in [-0.3, -0.25) is 4.79 Å². The van der Waals surface area contributed by atoms with Crippen LogP contribution in [0.5, 0.6) is 0 Å². The van der Waals surface area contributed by atoms with E-state index in [0.29, 0.717) is 0 Å². The van der Waals surface area contributed by atoms with Crippen LogP contribution in [0.2, 0.25) is 0 Å². The number of rotatable bonds is 2. The Bertz CT molecular complexity index is 805. The van der Waals surface area contributed by atoms with Gasteiger partial charge in [0.2, 0.25) is 0 Å². The molecule has 3 aromatic rings. The van der Waals surface area contributed by atoms with E-state index in [-0.39, 0.29) is 5.43 Å². The van der Waals surface area contributed by atoms with Gasteiger partial charge in [0.05, 0.1) is 0 Å². The number of hydrogen-bond donors (Lipinski definition) is 0. The minimum absolute atomic E-state index is 0.143. The average molecular weight is 269 g/mol. The first-order chi connectivity index (χ1) is 9.16. The van der Waals surface area contributed by atoms with Gasteiger partial charge in [0.1, 0.15) is 0 Å². The molecule has 0 saturated heterocycles. The van der Waals surface area contributed by atoms with Gasteiger partial charge in [0.15, 0.2) is 5.43 Å². The van der Waals surface area contributed by atoms with Crippen molar-refractivity contribution in [2.45, 2.75) is 6.54 Å². The molecule has 2 nitrogen and oxygen atoms in total. The van der Waals surface area contributed by atoms with Gasteiger partial charge in [0, 0.05) is 26.7 Å². The van der Waals surface area contributed by atoms with E-state index in [1.54, 1.807) is 11.3 Å². The normalized spacial score (nSPS) is 11.5. The van der Waals surface area contributed by atoms with Crippen LogP contribution in [0.3, 0.4) is 0 Å². The lowest BCUT2D eigenvalue weighted by Crippen LogP contribution is -2.11. The molecule has 0 N–H and O–H groups in total. The lowest BCUT2D eigenvalue weighted by molar-refractivity contribution is 0.404. The fourth-order valence-corrected chi connectivity index (χ4v) is 3.52. The lowest BCUT2D eigenvalue weighted by Gasteiger charge is -2.12. The molecule has 0 aliphatic rings. The van der Waals surface area contributed by atoms with Crippen LogP contribution in [0.1, 0.15) is 5.56 Å². The van der Waals surface area contributed by atoms with Crippen LogP contribution in [0.4, 0.5) is 0 Å². The summed E-state index contributed by atoms with van der Waals surface area (Å²) < 4.78 is 2.17. The summed E-state index contributed by atoms with van der Waals surface area (Å²) >= 11 is 1.71. The summed E-state index contributed by atoms with van der Waals surface area (Å²) in [5, 5.41) is 1.66. The first-order valence-corrected chi connectivity index (χ1v) is 7.06. The first-order valence-electron chi connectivity index (χ1n) is 6.25. The van der Waals surface area contributed by atoms with E-state index in [0.717, 1.165) is 26.7 Å². The van der Waals surface area contributed by atoms with Gasteiger partial charge in [-0.15, -0.1) is 11.3 Å². The molecule has 3 rings (SSSR count). The summed E-state index contributed by atoms with van der Waals surface area (Å²) in [6.45, 7) is 0.853. The van der Waals surface area contributed by atoms with Crippen LogP contribution >= 0.6 is 11.3 Å². The Morgan fingerprint density at radius 1 is 1.00 bits per heavy atom. The average Bonchev–Trinajstić information content (AvgIpc) is 2.40. The molecule has 1 heterocycles. The predicted molar refractivity (Wildman–Crippen MR) is 83.0 cm³/mol. The summed E-state index contributed by atoms with van der Waals surface area (Å²) in [5.41, 5.74) is 1.36. The van der Waals surface area contributed by atoms with Crippen molar-refractivity contribution < 1.29 is 0 Å². The number of hydrogen-bond acceptors (Lipinski definition) is 3. The quantitative estimate of drug-likeness (QED) is 0.664. The van der Waals surface area contributed by atoms with Gasteiger partial charge in [-0.1, -0.05) is 24.3 Å². The van der Waals surface area contributed by atoms with E-state index in [1.165, 1.54) is 5.56 Å². The van der Waals surface area contributed by atoms with E-state index in [4.69, 9.17) is 0 Å². The molecule has 0 fully saturated rings. The second-order valence-electron chi connectivity index (χ2n) is 4.96. The Labute approximate surface area is 115 Å². The van der Waals surface area contributed by atoms with Crippen LogP contribution in [-0.4, -0.2) is 19.0 Å². The molecule has 0 amide bonds. The van der Waals surface area contributed by atoms with Crippen molar-refractivity contribution in [3.8, 4) is 0 Å². The minimum atomic E-state index is 0.143. The summed E-state index contributed by atoms with van der Waals surface area (Å²) in [6, 6.07) is 13.8. The molecule has 0 bridgehead atoms. The van der Waals surface area contributed by atoms with Crippen molar-refractivity contribution in [2.75, 3.05) is 14.1 Å². The largest absolute Gasteiger partial charge is 0.305 e. The van der Waals surface area contributed by atoms with Gasteiger partial charge in [-0.25, -0.2) is 0 Å². The van der Waals surface area contributed by atoms with E-state index in [1.807, 2.05) is 50.5 Å². The third-order valence-electron chi connectivity index (χ3n) is 3.17. The molecule has 1 aromatic heterocycles. The zero-order valence-corrected chi connectivity index (χ0v) is 11.8. The van der Waals surface area contributed by atoms with Gasteiger partial charge >= 0.3 is 0 Å². The number of fused-ring (bicyclic) bond motifs is 2. The first kappa shape index (κ1) is 12.3. The molecule has 0 spiro atoms. The Morgan fingerprint density at radius 3 is 2.53 bits per heavy atom. The van der Waals surface area contributed by atoms with Crippen molar-refractivity contribution in [3.05, 3.63) is 58.3 Å². The summed E-state index contributed by atoms with van der Waals surface area (Å²) in [7, 11) is 4.09. The van der Waals surface area contributed by atoms with E-state index >= 15 is 0 Å². The fraction of sp³-hybridized carbons (Fsp3) is 0.188. The highest BCUT2D eigenvalue weighted by Gasteiger charge is 2.09. The topological polar surface area (TPSA) is 20.3 Å². The van der Waals surface area contributed by atoms with Crippen LogP contribution < -0.4 is 5.43 Å². The molecule has 3 heteroatoms. The highest BCUT2D eigenvalue weighted by atomic mass is 32.1. The summed E-state index contributed by atoms with van der Waals surface area (Å²) in [4.78, 5) is 14.6. The van der Waals surface area contributed by atoms with Gasteiger partial charge < -0.3 is 4.90 Å². The molecule has 96 valence electrons. The van der Waals surface area contributed by atoms with E-state index in [2.05, 4.69) is 11.0 Å². The highest BCUT2D eigenvalue weighted by molar-refractivity contribution is 7.24. The summed E-state index contributed by atoms with van der Waals surface area (Å²) in [5.74, 6) is 0. The van der Waals surface area contributed by atoms with Crippen LogP contribution in [-0.2, 0) is 6.54 Å². The lowest BCUT2D eigenvalue weighted by atomic mass is 10.1. The Hall–Kier alpha value is -1.71. The van der Waals surface area contributed by atoms with Crippen molar-refractivity contribution in [1.82, 2.24) is 4.90 Å². The summed E-state index contributed by atoms with van der Waals surface area (Å²) in [6.07, 6.45) is 0. The molecule has 0 aliphatic carbocycles. The highest BCUT2D eigenvalue weighted by Crippen LogP contribution is 2.27. The molecule has 2 aromatic carbocycles. The second-order valence-corrected chi connectivity index (χ2v) is 6.01. The molecular formula is C16H15NOS. The molecule has 0 radical (unpaired) electrons. The third-order valence-corrected chi connectivity index (χ3v) is 4.43. The van der Waals surface area contributed by atoms with Crippen LogP contribution in [0.15, 0.2) is 47.3 Å². The fourth-order valence-electron chi connectivity index (χ4n) is 2.35. The van der Waals surface area contributed by atoms with Crippen molar-refractivity contribution in [1.29, 1.82) is 0 Å². The zero-order chi connectivity index (χ0) is 13.4. The SMILES string of the molecule is CN(C)Cc1cccc2c(=O)c3ccccc3sc12. The maximum atomic E-state index is 12.5. The Morgan fingerprint density at radius 2 is 1.74 bits per heavy atom. The molecule has 19 heavy (non-hydrogen) atoms. The molecule has 0 saturated carbocycles. The Balaban J connectivity index is 2.41. The van der Waals surface area contributed by atoms with Crippen molar-refractivity contribution in [2.24, 2.45) is 0 Å². The maximum Gasteiger partial charge on any atom is 0.195 e. The van der Waals surface area contributed by atoms with E-state index in [9.17, 15) is 4.79 Å². The van der Waals surface area contributed by atoms with Crippen LogP contribution in [0, 0.1) is 0 Å². The Kier molecular flexibility index (Phi) is 3.09. The van der Waals surface area contributed by atoms with Gasteiger partial charge in [0.25, 0.3) is 0 Å². The molecule has 0 atom stereocenters. The second kappa shape index (κ2) is 4.76. The predicted octanol–water partition coefficient (Wildman–Crippen LogP) is 3.48. The zero-order valence-electron chi connectivity index (χ0n) is 11.0. The van der Waals surface area contributed by atoms with Crippen LogP contribution in [0.25, 0.3) is 20.2 Å². The maximum absolute atomic E-state index is 12.5. The third kappa shape index (κ3) is 2.15. The van der Waals surface area contributed by atoms with Crippen molar-refractivity contribution in [3.63, 3.8) is 0 Å². The number of benzene rings is 2. The van der Waals surface area contributed by atoms with Gasteiger partial charge in [-0.2, -0.15) is 0 Å². The monoisotopic (exact) mass is 269 g/mol. The molecular weight excluding hydrogens is 254 g/mol. The van der Waals surface area contributed by atoms with E-state index < -0.39 is 0 Å². The number of nitrogens with zero attached hydrogens (tertiary/aromatic N) is 1. The standard InChI is InChI=1S/C16H15NOS/c1-17(2)10-11-6-5-8-13-15(18)12-7-3-4-9-14(12)19-16(11)13/h3-9H,10H2,1-2H3. The smallest absolute Gasteiger partial charge is 0.195 e. The minimum Gasteiger partial charge on any atom is -0.305 e. The molecule has 0 unspecified atom stereocenters. The molecule has 0 aliphatic heterocycles. The van der Waals surface area contributed by atoms with Gasteiger partial charge in [-0.05, 0) is 37.9 Å². The van der Waals surface area contributed by atoms with Crippen molar-refractivity contribution >= 4 is 31.5 Å².